The van der Waals surface area contributed by atoms with E-state index in [0.717, 1.165) is 16.8 Å². The minimum atomic E-state index is -0.165. The lowest BCUT2D eigenvalue weighted by molar-refractivity contribution is 0.0946. The van der Waals surface area contributed by atoms with Crippen LogP contribution in [0.15, 0.2) is 61.2 Å². The molecule has 1 amide bonds. The van der Waals surface area contributed by atoms with E-state index in [9.17, 15) is 4.79 Å². The molecule has 0 saturated heterocycles. The number of aromatic amines is 1. The number of imidazole rings is 1. The lowest BCUT2D eigenvalue weighted by Gasteiger charge is -2.05. The van der Waals surface area contributed by atoms with E-state index in [4.69, 9.17) is 0 Å². The standard InChI is InChI=1S/C16H14N4O/c21-16(15-10-17-11-20-15)19-9-12-4-6-13(7-5-12)14-3-1-2-8-18-14/h1-8,10-11H,9H2,(H,17,20)(H,19,21). The number of aromatic nitrogens is 3. The molecule has 5 heteroatoms. The van der Waals surface area contributed by atoms with Crippen LogP contribution in [0.3, 0.4) is 0 Å². The lowest BCUT2D eigenvalue weighted by atomic mass is 10.1. The van der Waals surface area contributed by atoms with Crippen molar-refractivity contribution in [1.29, 1.82) is 0 Å². The first-order valence-corrected chi connectivity index (χ1v) is 6.60. The highest BCUT2D eigenvalue weighted by atomic mass is 16.1. The highest BCUT2D eigenvalue weighted by molar-refractivity contribution is 5.91. The molecule has 3 aromatic rings. The van der Waals surface area contributed by atoms with E-state index in [1.165, 1.54) is 12.5 Å². The highest BCUT2D eigenvalue weighted by Gasteiger charge is 2.06. The zero-order valence-electron chi connectivity index (χ0n) is 11.3. The minimum Gasteiger partial charge on any atom is -0.347 e. The predicted octanol–water partition coefficient (Wildman–Crippen LogP) is 2.40. The molecule has 0 spiro atoms. The molecular formula is C16H14N4O. The van der Waals surface area contributed by atoms with Gasteiger partial charge < -0.3 is 10.3 Å². The SMILES string of the molecule is O=C(NCc1ccc(-c2ccccn2)cc1)c1cnc[nH]1. The van der Waals surface area contributed by atoms with Crippen molar-refractivity contribution in [3.8, 4) is 11.3 Å². The molecule has 104 valence electrons. The van der Waals surface area contributed by atoms with E-state index in [2.05, 4.69) is 20.3 Å². The van der Waals surface area contributed by atoms with Crippen LogP contribution in [0, 0.1) is 0 Å². The van der Waals surface area contributed by atoms with E-state index in [0.29, 0.717) is 12.2 Å². The number of carbonyl (C=O) groups excluding carboxylic acids is 1. The highest BCUT2D eigenvalue weighted by Crippen LogP contribution is 2.16. The molecule has 2 aromatic heterocycles. The van der Waals surface area contributed by atoms with Gasteiger partial charge in [-0.05, 0) is 17.7 Å². The van der Waals surface area contributed by atoms with Crippen LogP contribution in [0.2, 0.25) is 0 Å². The molecule has 0 aliphatic heterocycles. The van der Waals surface area contributed by atoms with E-state index in [1.54, 1.807) is 6.20 Å². The number of amides is 1. The molecule has 3 rings (SSSR count). The van der Waals surface area contributed by atoms with Gasteiger partial charge in [0.25, 0.3) is 5.91 Å². The second kappa shape index (κ2) is 6.00. The Kier molecular flexibility index (Phi) is 3.73. The maximum Gasteiger partial charge on any atom is 0.269 e. The molecule has 0 aliphatic carbocycles. The van der Waals surface area contributed by atoms with Gasteiger partial charge >= 0.3 is 0 Å². The van der Waals surface area contributed by atoms with Crippen LogP contribution in [0.1, 0.15) is 16.1 Å². The molecule has 0 fully saturated rings. The van der Waals surface area contributed by atoms with Crippen molar-refractivity contribution < 1.29 is 4.79 Å². The van der Waals surface area contributed by atoms with Crippen molar-refractivity contribution in [1.82, 2.24) is 20.3 Å². The number of nitrogens with one attached hydrogen (secondary N) is 2. The molecule has 0 unspecified atom stereocenters. The van der Waals surface area contributed by atoms with E-state index in [-0.39, 0.29) is 5.91 Å². The summed E-state index contributed by atoms with van der Waals surface area (Å²) in [5.74, 6) is -0.165. The van der Waals surface area contributed by atoms with Gasteiger partial charge in [0, 0.05) is 18.3 Å². The third-order valence-electron chi connectivity index (χ3n) is 3.11. The Morgan fingerprint density at radius 3 is 2.67 bits per heavy atom. The van der Waals surface area contributed by atoms with Crippen molar-refractivity contribution in [2.45, 2.75) is 6.54 Å². The van der Waals surface area contributed by atoms with E-state index < -0.39 is 0 Å². The first-order valence-electron chi connectivity index (χ1n) is 6.60. The number of pyridine rings is 1. The maximum atomic E-state index is 11.8. The Morgan fingerprint density at radius 2 is 2.00 bits per heavy atom. The fraction of sp³-hybridized carbons (Fsp3) is 0.0625. The summed E-state index contributed by atoms with van der Waals surface area (Å²) >= 11 is 0. The molecule has 0 atom stereocenters. The summed E-state index contributed by atoms with van der Waals surface area (Å²) in [7, 11) is 0. The average molecular weight is 278 g/mol. The van der Waals surface area contributed by atoms with Gasteiger partial charge in [-0.15, -0.1) is 0 Å². The van der Waals surface area contributed by atoms with E-state index >= 15 is 0 Å². The zero-order valence-corrected chi connectivity index (χ0v) is 11.3. The van der Waals surface area contributed by atoms with Gasteiger partial charge in [0.05, 0.1) is 18.2 Å². The van der Waals surface area contributed by atoms with Crippen molar-refractivity contribution in [3.05, 3.63) is 72.4 Å². The smallest absolute Gasteiger partial charge is 0.269 e. The summed E-state index contributed by atoms with van der Waals surface area (Å²) < 4.78 is 0. The average Bonchev–Trinajstić information content (AvgIpc) is 3.08. The van der Waals surface area contributed by atoms with Crippen LogP contribution >= 0.6 is 0 Å². The summed E-state index contributed by atoms with van der Waals surface area (Å²) in [6.07, 6.45) is 4.75. The van der Waals surface area contributed by atoms with Crippen molar-refractivity contribution in [3.63, 3.8) is 0 Å². The van der Waals surface area contributed by atoms with Gasteiger partial charge in [-0.1, -0.05) is 30.3 Å². The third-order valence-corrected chi connectivity index (χ3v) is 3.11. The third kappa shape index (κ3) is 3.14. The lowest BCUT2D eigenvalue weighted by Crippen LogP contribution is -2.22. The van der Waals surface area contributed by atoms with Gasteiger partial charge in [0.1, 0.15) is 5.69 Å². The number of hydrogen-bond acceptors (Lipinski definition) is 3. The fourth-order valence-electron chi connectivity index (χ4n) is 1.98. The summed E-state index contributed by atoms with van der Waals surface area (Å²) in [6.45, 7) is 0.473. The van der Waals surface area contributed by atoms with Crippen LogP contribution in [-0.4, -0.2) is 20.9 Å². The second-order valence-electron chi connectivity index (χ2n) is 4.56. The summed E-state index contributed by atoms with van der Waals surface area (Å²) in [5, 5.41) is 2.83. The Labute approximate surface area is 122 Å². The van der Waals surface area contributed by atoms with Gasteiger partial charge in [-0.3, -0.25) is 9.78 Å². The quantitative estimate of drug-likeness (QED) is 0.770. The monoisotopic (exact) mass is 278 g/mol. The molecule has 0 aliphatic rings. The Hall–Kier alpha value is -2.95. The molecule has 0 radical (unpaired) electrons. The Morgan fingerprint density at radius 1 is 1.14 bits per heavy atom. The van der Waals surface area contributed by atoms with Crippen molar-refractivity contribution in [2.75, 3.05) is 0 Å². The molecule has 0 saturated carbocycles. The van der Waals surface area contributed by atoms with Crippen molar-refractivity contribution in [2.24, 2.45) is 0 Å². The molecule has 2 N–H and O–H groups in total. The molecule has 21 heavy (non-hydrogen) atoms. The van der Waals surface area contributed by atoms with Crippen molar-refractivity contribution >= 4 is 5.91 Å². The molecule has 0 bridgehead atoms. The van der Waals surface area contributed by atoms with E-state index in [1.807, 2.05) is 42.5 Å². The zero-order chi connectivity index (χ0) is 14.5. The number of nitrogens with zero attached hydrogens (tertiary/aromatic N) is 2. The maximum absolute atomic E-state index is 11.8. The molecule has 5 nitrogen and oxygen atoms in total. The number of benzene rings is 1. The summed E-state index contributed by atoms with van der Waals surface area (Å²) in [4.78, 5) is 22.7. The number of rotatable bonds is 4. The molecule has 1 aromatic carbocycles. The summed E-state index contributed by atoms with van der Waals surface area (Å²) in [5.41, 5.74) is 3.48. The van der Waals surface area contributed by atoms with Crippen LogP contribution in [0.5, 0.6) is 0 Å². The van der Waals surface area contributed by atoms with Crippen LogP contribution in [0.25, 0.3) is 11.3 Å². The number of carbonyl (C=O) groups is 1. The first kappa shape index (κ1) is 13.1. The topological polar surface area (TPSA) is 70.7 Å². The first-order chi connectivity index (χ1) is 10.3. The number of H-pyrrole nitrogens is 1. The fourth-order valence-corrected chi connectivity index (χ4v) is 1.98. The van der Waals surface area contributed by atoms with Gasteiger partial charge in [-0.2, -0.15) is 0 Å². The predicted molar refractivity (Wildman–Crippen MR) is 79.4 cm³/mol. The van der Waals surface area contributed by atoms with Crippen LogP contribution < -0.4 is 5.32 Å². The molecule has 2 heterocycles. The van der Waals surface area contributed by atoms with Crippen LogP contribution in [0.4, 0.5) is 0 Å². The van der Waals surface area contributed by atoms with Gasteiger partial charge in [0.2, 0.25) is 0 Å². The summed E-state index contributed by atoms with van der Waals surface area (Å²) in [6, 6.07) is 13.8. The second-order valence-corrected chi connectivity index (χ2v) is 4.56. The van der Waals surface area contributed by atoms with Crippen LogP contribution in [-0.2, 0) is 6.54 Å². The normalized spacial score (nSPS) is 10.3. The number of hydrogen-bond donors (Lipinski definition) is 2. The van der Waals surface area contributed by atoms with Gasteiger partial charge in [0.15, 0.2) is 0 Å². The molecular weight excluding hydrogens is 264 g/mol. The minimum absolute atomic E-state index is 0.165. The van der Waals surface area contributed by atoms with Gasteiger partial charge in [-0.25, -0.2) is 4.98 Å². The Balaban J connectivity index is 1.64. The Bertz CT molecular complexity index is 706. The largest absolute Gasteiger partial charge is 0.347 e.